The quantitative estimate of drug-likeness (QED) is 0.869. The van der Waals surface area contributed by atoms with Crippen molar-refractivity contribution >= 4 is 18.3 Å². The molecule has 0 radical (unpaired) electrons. The van der Waals surface area contributed by atoms with E-state index in [0.29, 0.717) is 13.0 Å². The maximum absolute atomic E-state index is 13.5. The van der Waals surface area contributed by atoms with Crippen molar-refractivity contribution in [2.75, 3.05) is 6.54 Å². The molecule has 0 bridgehead atoms. The molecule has 0 spiro atoms. The van der Waals surface area contributed by atoms with Crippen LogP contribution in [0.1, 0.15) is 44.1 Å². The predicted molar refractivity (Wildman–Crippen MR) is 84.6 cm³/mol. The molecule has 0 heterocycles. The van der Waals surface area contributed by atoms with Crippen LogP contribution in [0, 0.1) is 17.0 Å². The molecule has 1 fully saturated rings. The Morgan fingerprint density at radius 1 is 1.23 bits per heavy atom. The summed E-state index contributed by atoms with van der Waals surface area (Å²) in [6.45, 7) is 0.580. The van der Waals surface area contributed by atoms with Gasteiger partial charge in [0.1, 0.15) is 11.6 Å². The molecule has 124 valence electrons. The van der Waals surface area contributed by atoms with Crippen LogP contribution in [0.3, 0.4) is 0 Å². The second-order valence-corrected chi connectivity index (χ2v) is 5.95. The second kappa shape index (κ2) is 8.44. The summed E-state index contributed by atoms with van der Waals surface area (Å²) in [7, 11) is 0. The molecule has 1 amide bonds. The van der Waals surface area contributed by atoms with Gasteiger partial charge in [0.2, 0.25) is 5.91 Å². The van der Waals surface area contributed by atoms with E-state index in [4.69, 9.17) is 5.73 Å². The molecule has 1 saturated carbocycles. The Morgan fingerprint density at radius 2 is 1.91 bits per heavy atom. The molecule has 1 aliphatic carbocycles. The zero-order chi connectivity index (χ0) is 15.3. The van der Waals surface area contributed by atoms with Crippen molar-refractivity contribution in [2.24, 2.45) is 11.1 Å². The van der Waals surface area contributed by atoms with E-state index < -0.39 is 11.6 Å². The number of amides is 1. The summed E-state index contributed by atoms with van der Waals surface area (Å²) in [6, 6.07) is 3.36. The van der Waals surface area contributed by atoms with Gasteiger partial charge in [-0.3, -0.25) is 4.79 Å². The van der Waals surface area contributed by atoms with Crippen molar-refractivity contribution in [1.29, 1.82) is 0 Å². The van der Waals surface area contributed by atoms with Gasteiger partial charge in [0.15, 0.2) is 0 Å². The minimum absolute atomic E-state index is 0. The van der Waals surface area contributed by atoms with Crippen LogP contribution in [0.4, 0.5) is 8.78 Å². The van der Waals surface area contributed by atoms with Gasteiger partial charge >= 0.3 is 0 Å². The lowest BCUT2D eigenvalue weighted by Crippen LogP contribution is -2.38. The highest BCUT2D eigenvalue weighted by Gasteiger charge is 2.32. The maximum Gasteiger partial charge on any atom is 0.220 e. The van der Waals surface area contributed by atoms with Crippen LogP contribution < -0.4 is 11.1 Å². The van der Waals surface area contributed by atoms with E-state index in [1.165, 1.54) is 18.6 Å². The Labute approximate surface area is 136 Å². The Hall–Kier alpha value is -1.20. The number of nitrogens with two attached hydrogens (primary N) is 1. The topological polar surface area (TPSA) is 55.1 Å². The summed E-state index contributed by atoms with van der Waals surface area (Å²) in [6.07, 6.45) is 5.74. The summed E-state index contributed by atoms with van der Waals surface area (Å²) < 4.78 is 26.3. The van der Waals surface area contributed by atoms with Gasteiger partial charge < -0.3 is 11.1 Å². The van der Waals surface area contributed by atoms with Crippen LogP contribution >= 0.6 is 12.4 Å². The van der Waals surface area contributed by atoms with E-state index in [2.05, 4.69) is 5.32 Å². The highest BCUT2D eigenvalue weighted by Crippen LogP contribution is 2.38. The highest BCUT2D eigenvalue weighted by molar-refractivity contribution is 5.85. The fraction of sp³-hybridized carbons (Fsp3) is 0.562. The van der Waals surface area contributed by atoms with Crippen LogP contribution in [0.5, 0.6) is 0 Å². The molecule has 1 aromatic rings. The minimum atomic E-state index is -0.637. The lowest BCUT2D eigenvalue weighted by Gasteiger charge is -2.35. The van der Waals surface area contributed by atoms with E-state index in [9.17, 15) is 13.6 Å². The third-order valence-corrected chi connectivity index (χ3v) is 4.37. The highest BCUT2D eigenvalue weighted by atomic mass is 35.5. The van der Waals surface area contributed by atoms with Crippen LogP contribution in [-0.4, -0.2) is 12.5 Å². The smallest absolute Gasteiger partial charge is 0.220 e. The number of halogens is 3. The van der Waals surface area contributed by atoms with Gasteiger partial charge in [0.25, 0.3) is 0 Å². The van der Waals surface area contributed by atoms with Gasteiger partial charge in [-0.2, -0.15) is 0 Å². The van der Waals surface area contributed by atoms with E-state index >= 15 is 0 Å². The molecule has 6 heteroatoms. The van der Waals surface area contributed by atoms with Gasteiger partial charge in [-0.25, -0.2) is 8.78 Å². The van der Waals surface area contributed by atoms with Crippen molar-refractivity contribution < 1.29 is 13.6 Å². The predicted octanol–water partition coefficient (Wildman–Crippen LogP) is 3.30. The molecule has 3 N–H and O–H groups in total. The van der Waals surface area contributed by atoms with Gasteiger partial charge in [-0.05, 0) is 30.9 Å². The van der Waals surface area contributed by atoms with Crippen molar-refractivity contribution in [3.05, 3.63) is 35.4 Å². The zero-order valence-electron chi connectivity index (χ0n) is 12.5. The first-order valence-corrected chi connectivity index (χ1v) is 7.45. The Kier molecular flexibility index (Phi) is 7.23. The first-order valence-electron chi connectivity index (χ1n) is 7.45. The summed E-state index contributed by atoms with van der Waals surface area (Å²) in [4.78, 5) is 12.1. The Bertz CT molecular complexity index is 505. The summed E-state index contributed by atoms with van der Waals surface area (Å²) in [5, 5.41) is 2.71. The lowest BCUT2D eigenvalue weighted by atomic mass is 9.71. The molecule has 2 rings (SSSR count). The molecule has 0 aromatic heterocycles. The van der Waals surface area contributed by atoms with E-state index in [-0.39, 0.29) is 35.8 Å². The number of carbonyl (C=O) groups excluding carboxylic acids is 1. The van der Waals surface area contributed by atoms with Crippen molar-refractivity contribution in [2.45, 2.75) is 45.1 Å². The SMILES string of the molecule is Cl.NCC1(CC(=O)NCc2ccc(F)cc2F)CCCCC1. The van der Waals surface area contributed by atoms with Gasteiger partial charge in [0, 0.05) is 24.6 Å². The Balaban J connectivity index is 0.00000242. The zero-order valence-corrected chi connectivity index (χ0v) is 13.4. The second-order valence-electron chi connectivity index (χ2n) is 5.95. The molecule has 22 heavy (non-hydrogen) atoms. The summed E-state index contributed by atoms with van der Waals surface area (Å²) >= 11 is 0. The number of hydrogen-bond donors (Lipinski definition) is 2. The van der Waals surface area contributed by atoms with E-state index in [0.717, 1.165) is 31.7 Å². The molecule has 0 unspecified atom stereocenters. The fourth-order valence-corrected chi connectivity index (χ4v) is 3.02. The minimum Gasteiger partial charge on any atom is -0.352 e. The van der Waals surface area contributed by atoms with E-state index in [1.807, 2.05) is 0 Å². The molecule has 0 aliphatic heterocycles. The molecular formula is C16H23ClF2N2O. The normalized spacial score (nSPS) is 16.7. The van der Waals surface area contributed by atoms with Crippen LogP contribution in [0.15, 0.2) is 18.2 Å². The average molecular weight is 333 g/mol. The van der Waals surface area contributed by atoms with Crippen LogP contribution in [0.2, 0.25) is 0 Å². The lowest BCUT2D eigenvalue weighted by molar-refractivity contribution is -0.124. The van der Waals surface area contributed by atoms with Crippen LogP contribution in [-0.2, 0) is 11.3 Å². The standard InChI is InChI=1S/C16H22F2N2O.ClH/c17-13-5-4-12(14(18)8-13)10-20-15(21)9-16(11-19)6-2-1-3-7-16;/h4-5,8H,1-3,6-7,9-11,19H2,(H,20,21);1H. The summed E-state index contributed by atoms with van der Waals surface area (Å²) in [5.74, 6) is -1.38. The number of nitrogens with one attached hydrogen (secondary N) is 1. The maximum atomic E-state index is 13.5. The number of rotatable bonds is 5. The Morgan fingerprint density at radius 3 is 2.50 bits per heavy atom. The molecule has 0 saturated heterocycles. The largest absolute Gasteiger partial charge is 0.352 e. The van der Waals surface area contributed by atoms with Gasteiger partial charge in [0.05, 0.1) is 0 Å². The molecule has 3 nitrogen and oxygen atoms in total. The molecule has 1 aromatic carbocycles. The van der Waals surface area contributed by atoms with Crippen molar-refractivity contribution in [3.8, 4) is 0 Å². The van der Waals surface area contributed by atoms with Gasteiger partial charge in [-0.15, -0.1) is 12.4 Å². The third-order valence-electron chi connectivity index (χ3n) is 4.37. The average Bonchev–Trinajstić information content (AvgIpc) is 2.47. The first-order chi connectivity index (χ1) is 10.0. The molecule has 1 aliphatic rings. The number of carbonyl (C=O) groups is 1. The summed E-state index contributed by atoms with van der Waals surface area (Å²) in [5.41, 5.74) is 6.03. The van der Waals surface area contributed by atoms with Gasteiger partial charge in [-0.1, -0.05) is 25.3 Å². The molecular weight excluding hydrogens is 310 g/mol. The third kappa shape index (κ3) is 4.92. The number of hydrogen-bond acceptors (Lipinski definition) is 2. The monoisotopic (exact) mass is 332 g/mol. The molecule has 0 atom stereocenters. The van der Waals surface area contributed by atoms with Crippen molar-refractivity contribution in [1.82, 2.24) is 5.32 Å². The van der Waals surface area contributed by atoms with Crippen LogP contribution in [0.25, 0.3) is 0 Å². The first kappa shape index (κ1) is 18.8. The van der Waals surface area contributed by atoms with Crippen molar-refractivity contribution in [3.63, 3.8) is 0 Å². The number of benzene rings is 1. The van der Waals surface area contributed by atoms with E-state index in [1.54, 1.807) is 0 Å². The fourth-order valence-electron chi connectivity index (χ4n) is 3.02.